The summed E-state index contributed by atoms with van der Waals surface area (Å²) in [6, 6.07) is 6.94. The Morgan fingerprint density at radius 1 is 1.24 bits per heavy atom. The van der Waals surface area contributed by atoms with Crippen LogP contribution in [0.4, 0.5) is 0 Å². The van der Waals surface area contributed by atoms with Crippen molar-refractivity contribution in [1.82, 2.24) is 0 Å². The van der Waals surface area contributed by atoms with Crippen molar-refractivity contribution in [2.45, 2.75) is 20.8 Å². The van der Waals surface area contributed by atoms with Gasteiger partial charge in [-0.25, -0.2) is 4.79 Å². The van der Waals surface area contributed by atoms with E-state index >= 15 is 0 Å². The first kappa shape index (κ1) is 26.0. The predicted molar refractivity (Wildman–Crippen MR) is 120 cm³/mol. The maximum absolute atomic E-state index is 10.3. The highest BCUT2D eigenvalue weighted by molar-refractivity contribution is 8.03. The first-order chi connectivity index (χ1) is 13.8. The van der Waals surface area contributed by atoms with Gasteiger partial charge in [0.05, 0.1) is 0 Å². The van der Waals surface area contributed by atoms with E-state index in [0.717, 1.165) is 16.8 Å². The number of hydrogen-bond acceptors (Lipinski definition) is 6. The summed E-state index contributed by atoms with van der Waals surface area (Å²) in [5.74, 6) is -0.0291. The molecule has 0 aromatic heterocycles. The molecule has 1 aromatic carbocycles. The van der Waals surface area contributed by atoms with E-state index in [1.54, 1.807) is 49.4 Å². The lowest BCUT2D eigenvalue weighted by molar-refractivity contribution is -0.139. The molecule has 0 saturated heterocycles. The van der Waals surface area contributed by atoms with Crippen molar-refractivity contribution in [2.24, 2.45) is 11.5 Å². The second-order valence-electron chi connectivity index (χ2n) is 5.54. The van der Waals surface area contributed by atoms with Gasteiger partial charge < -0.3 is 21.3 Å². The Balaban J connectivity index is 0.000000614. The zero-order valence-corrected chi connectivity index (χ0v) is 17.7. The van der Waals surface area contributed by atoms with E-state index in [2.05, 4.69) is 5.73 Å². The van der Waals surface area contributed by atoms with E-state index in [9.17, 15) is 9.59 Å². The van der Waals surface area contributed by atoms with Crippen LogP contribution < -0.4 is 16.2 Å². The van der Waals surface area contributed by atoms with Gasteiger partial charge in [0, 0.05) is 16.5 Å². The Hall–Kier alpha value is -2.99. The van der Waals surface area contributed by atoms with E-state index in [1.165, 1.54) is 11.8 Å². The second-order valence-corrected chi connectivity index (χ2v) is 6.78. The fraction of sp³-hybridized carbons (Fsp3) is 0.227. The number of ether oxygens (including phenoxy) is 1. The minimum absolute atomic E-state index is 0.354. The van der Waals surface area contributed by atoms with Crippen LogP contribution in [-0.2, 0) is 9.59 Å². The van der Waals surface area contributed by atoms with E-state index < -0.39 is 5.97 Å². The molecule has 156 valence electrons. The SMILES string of the molecule is C/C(SCN)=C(/N)c1ccc(OCC(=O)O)cc1.C/C=C\C=C=C/C=C(\C)C=O. The number of allylic oxidation sites excluding steroid dienone is 6. The molecule has 0 aliphatic carbocycles. The molecule has 0 radical (unpaired) electrons. The first-order valence-corrected chi connectivity index (χ1v) is 9.74. The molecule has 0 aliphatic heterocycles. The van der Waals surface area contributed by atoms with Crippen LogP contribution in [0.3, 0.4) is 0 Å². The molecule has 7 heteroatoms. The lowest BCUT2D eigenvalue weighted by Crippen LogP contribution is -2.09. The molecule has 0 heterocycles. The van der Waals surface area contributed by atoms with E-state index in [0.29, 0.717) is 22.9 Å². The molecule has 0 atom stereocenters. The first-order valence-electron chi connectivity index (χ1n) is 8.75. The van der Waals surface area contributed by atoms with Crippen molar-refractivity contribution in [3.8, 4) is 5.75 Å². The van der Waals surface area contributed by atoms with Gasteiger partial charge in [0.2, 0.25) is 0 Å². The zero-order chi connectivity index (χ0) is 22.1. The molecular weight excluding hydrogens is 388 g/mol. The summed E-state index contributed by atoms with van der Waals surface area (Å²) in [5, 5.41) is 8.48. The summed E-state index contributed by atoms with van der Waals surface area (Å²) in [4.78, 5) is 21.4. The number of carboxylic acid groups (broad SMARTS) is 1. The molecule has 6 nitrogen and oxygen atoms in total. The normalized spacial score (nSPS) is 11.5. The summed E-state index contributed by atoms with van der Waals surface area (Å²) >= 11 is 1.48. The third-order valence-corrected chi connectivity index (χ3v) is 4.04. The van der Waals surface area contributed by atoms with Crippen LogP contribution in [0.15, 0.2) is 70.9 Å². The van der Waals surface area contributed by atoms with Crippen LogP contribution in [0.1, 0.15) is 26.3 Å². The van der Waals surface area contributed by atoms with Crippen molar-refractivity contribution in [3.63, 3.8) is 0 Å². The second kappa shape index (κ2) is 16.0. The number of hydrogen-bond donors (Lipinski definition) is 3. The number of carbonyl (C=O) groups is 2. The Labute approximate surface area is 176 Å². The van der Waals surface area contributed by atoms with Crippen molar-refractivity contribution in [1.29, 1.82) is 0 Å². The zero-order valence-electron chi connectivity index (χ0n) is 16.9. The summed E-state index contributed by atoms with van der Waals surface area (Å²) in [7, 11) is 0. The number of nitrogens with two attached hydrogens (primary N) is 2. The maximum Gasteiger partial charge on any atom is 0.341 e. The Kier molecular flexibility index (Phi) is 14.4. The molecule has 1 rings (SSSR count). The molecule has 0 fully saturated rings. The Morgan fingerprint density at radius 3 is 2.41 bits per heavy atom. The lowest BCUT2D eigenvalue weighted by Gasteiger charge is -2.08. The monoisotopic (exact) mass is 416 g/mol. The topological polar surface area (TPSA) is 116 Å². The van der Waals surface area contributed by atoms with Gasteiger partial charge in [-0.05, 0) is 74.4 Å². The standard InChI is InChI=1S/C12H16N2O3S.C10H12O/c1-8(18-7-13)12(14)9-2-4-10(5-3-9)17-6-11(15)16;1-3-4-5-6-7-8-10(2)9-11/h2-5H,6-7,13-14H2,1H3,(H,15,16);3-5,7-9H,1-2H3/b12-8-;4-3-,10-8+. The molecule has 29 heavy (non-hydrogen) atoms. The number of thioether (sulfide) groups is 1. The molecule has 0 saturated carbocycles. The molecule has 1 aromatic rings. The third kappa shape index (κ3) is 12.9. The highest BCUT2D eigenvalue weighted by Gasteiger charge is 2.03. The van der Waals surface area contributed by atoms with Gasteiger partial charge in [-0.1, -0.05) is 12.2 Å². The van der Waals surface area contributed by atoms with Gasteiger partial charge >= 0.3 is 5.97 Å². The summed E-state index contributed by atoms with van der Waals surface area (Å²) in [6.07, 6.45) is 9.82. The van der Waals surface area contributed by atoms with E-state index in [1.807, 2.05) is 26.0 Å². The van der Waals surface area contributed by atoms with Gasteiger partial charge in [0.25, 0.3) is 0 Å². The number of carboxylic acids is 1. The van der Waals surface area contributed by atoms with Gasteiger partial charge in [0.15, 0.2) is 6.61 Å². The number of rotatable bonds is 9. The number of benzene rings is 1. The van der Waals surface area contributed by atoms with Gasteiger partial charge in [0.1, 0.15) is 12.0 Å². The van der Waals surface area contributed by atoms with Gasteiger partial charge in [-0.15, -0.1) is 17.5 Å². The Bertz CT molecular complexity index is 803. The van der Waals surface area contributed by atoms with Gasteiger partial charge in [-0.3, -0.25) is 4.79 Å². The molecule has 5 N–H and O–H groups in total. The quantitative estimate of drug-likeness (QED) is 0.184. The average molecular weight is 417 g/mol. The maximum atomic E-state index is 10.3. The minimum atomic E-state index is -1.01. The largest absolute Gasteiger partial charge is 0.482 e. The lowest BCUT2D eigenvalue weighted by atomic mass is 10.1. The summed E-state index contributed by atoms with van der Waals surface area (Å²) in [6.45, 7) is 5.24. The van der Waals surface area contributed by atoms with Crippen LogP contribution >= 0.6 is 11.8 Å². The fourth-order valence-electron chi connectivity index (χ4n) is 1.71. The molecule has 0 unspecified atom stereocenters. The van der Waals surface area contributed by atoms with E-state index in [4.69, 9.17) is 21.3 Å². The smallest absolute Gasteiger partial charge is 0.341 e. The summed E-state index contributed by atoms with van der Waals surface area (Å²) in [5.41, 5.74) is 16.5. The minimum Gasteiger partial charge on any atom is -0.482 e. The van der Waals surface area contributed by atoms with Crippen LogP contribution in [0.25, 0.3) is 5.70 Å². The molecule has 0 bridgehead atoms. The molecule has 0 aliphatic rings. The van der Waals surface area contributed by atoms with Crippen molar-refractivity contribution in [3.05, 3.63) is 76.4 Å². The predicted octanol–water partition coefficient (Wildman–Crippen LogP) is 3.87. The molecule has 0 amide bonds. The van der Waals surface area contributed by atoms with Gasteiger partial charge in [-0.2, -0.15) is 0 Å². The fourth-order valence-corrected chi connectivity index (χ4v) is 2.23. The van der Waals surface area contributed by atoms with E-state index in [-0.39, 0.29) is 6.61 Å². The number of carbonyl (C=O) groups excluding carboxylic acids is 1. The highest BCUT2D eigenvalue weighted by Crippen LogP contribution is 2.23. The molecular formula is C22H28N2O4S. The van der Waals surface area contributed by atoms with Crippen LogP contribution in [0, 0.1) is 0 Å². The third-order valence-electron chi connectivity index (χ3n) is 3.22. The summed E-state index contributed by atoms with van der Waals surface area (Å²) < 4.78 is 5.03. The number of aldehydes is 1. The molecule has 0 spiro atoms. The van der Waals surface area contributed by atoms with Crippen molar-refractivity contribution < 1.29 is 19.4 Å². The Morgan fingerprint density at radius 2 is 1.90 bits per heavy atom. The van der Waals surface area contributed by atoms with Crippen LogP contribution in [-0.4, -0.2) is 29.8 Å². The van der Waals surface area contributed by atoms with Crippen molar-refractivity contribution in [2.75, 3.05) is 12.5 Å². The van der Waals surface area contributed by atoms with Crippen LogP contribution in [0.2, 0.25) is 0 Å². The van der Waals surface area contributed by atoms with Crippen LogP contribution in [0.5, 0.6) is 5.75 Å². The highest BCUT2D eigenvalue weighted by atomic mass is 32.2. The number of aliphatic carboxylic acids is 1. The average Bonchev–Trinajstić information content (AvgIpc) is 2.72. The van der Waals surface area contributed by atoms with Crippen molar-refractivity contribution >= 4 is 29.7 Å².